The smallest absolute Gasteiger partial charge is 0.175 e. The Balaban J connectivity index is 2.23. The highest BCUT2D eigenvalue weighted by molar-refractivity contribution is 7.90. The van der Waals surface area contributed by atoms with Crippen LogP contribution in [0.2, 0.25) is 0 Å². The number of benzene rings is 1. The third-order valence-corrected chi connectivity index (χ3v) is 3.71. The summed E-state index contributed by atoms with van der Waals surface area (Å²) in [4.78, 5) is 0.292. The molecule has 0 unspecified atom stereocenters. The Morgan fingerprint density at radius 3 is 2.56 bits per heavy atom. The summed E-state index contributed by atoms with van der Waals surface area (Å²) >= 11 is 0. The van der Waals surface area contributed by atoms with E-state index in [1.807, 2.05) is 6.92 Å². The molecule has 1 aromatic carbocycles. The van der Waals surface area contributed by atoms with Gasteiger partial charge in [-0.3, -0.25) is 0 Å². The minimum absolute atomic E-state index is 0.212. The van der Waals surface area contributed by atoms with Crippen LogP contribution < -0.4 is 10.1 Å². The molecule has 0 atom stereocenters. The minimum atomic E-state index is -3.17. The van der Waals surface area contributed by atoms with E-state index in [1.165, 1.54) is 6.26 Å². The van der Waals surface area contributed by atoms with Crippen LogP contribution >= 0.6 is 0 Å². The van der Waals surface area contributed by atoms with Gasteiger partial charge in [-0.25, -0.2) is 8.42 Å². The average molecular weight is 241 g/mol. The van der Waals surface area contributed by atoms with E-state index in [9.17, 15) is 8.42 Å². The van der Waals surface area contributed by atoms with Crippen molar-refractivity contribution in [1.82, 2.24) is 5.32 Å². The molecule has 0 aliphatic carbocycles. The maximum atomic E-state index is 11.4. The van der Waals surface area contributed by atoms with Gasteiger partial charge >= 0.3 is 0 Å². The van der Waals surface area contributed by atoms with Gasteiger partial charge in [0.2, 0.25) is 0 Å². The van der Waals surface area contributed by atoms with Gasteiger partial charge in [-0.1, -0.05) is 6.07 Å². The molecule has 5 heteroatoms. The Labute approximate surface area is 95.5 Å². The molecule has 1 aromatic rings. The zero-order valence-electron chi connectivity index (χ0n) is 9.36. The molecule has 1 aliphatic rings. The molecule has 2 rings (SSSR count). The lowest BCUT2D eigenvalue weighted by Gasteiger charge is -2.39. The van der Waals surface area contributed by atoms with Gasteiger partial charge in [-0.05, 0) is 25.1 Å². The fourth-order valence-electron chi connectivity index (χ4n) is 1.60. The van der Waals surface area contributed by atoms with Crippen LogP contribution in [-0.4, -0.2) is 33.4 Å². The van der Waals surface area contributed by atoms with E-state index in [0.29, 0.717) is 10.6 Å². The SMILES string of the molecule is CC1(Oc2cccc(S(C)(=O)=O)c2)CNC1. The lowest BCUT2D eigenvalue weighted by Crippen LogP contribution is -2.61. The molecule has 4 nitrogen and oxygen atoms in total. The molecule has 0 amide bonds. The molecule has 1 N–H and O–H groups in total. The zero-order chi connectivity index (χ0) is 11.8. The molecule has 1 aliphatic heterocycles. The summed E-state index contributed by atoms with van der Waals surface area (Å²) in [5.74, 6) is 0.604. The summed E-state index contributed by atoms with van der Waals surface area (Å²) in [6.45, 7) is 3.57. The van der Waals surface area contributed by atoms with Crippen molar-refractivity contribution in [3.8, 4) is 5.75 Å². The van der Waals surface area contributed by atoms with Crippen LogP contribution in [0.15, 0.2) is 29.2 Å². The molecular formula is C11H15NO3S. The Morgan fingerprint density at radius 2 is 2.06 bits per heavy atom. The van der Waals surface area contributed by atoms with Gasteiger partial charge < -0.3 is 10.1 Å². The average Bonchev–Trinajstić information content (AvgIpc) is 2.14. The summed E-state index contributed by atoms with van der Waals surface area (Å²) in [7, 11) is -3.17. The fraction of sp³-hybridized carbons (Fsp3) is 0.455. The highest BCUT2D eigenvalue weighted by Crippen LogP contribution is 2.24. The number of hydrogen-bond donors (Lipinski definition) is 1. The van der Waals surface area contributed by atoms with Crippen LogP contribution in [0.25, 0.3) is 0 Å². The van der Waals surface area contributed by atoms with Gasteiger partial charge in [0, 0.05) is 19.3 Å². The number of ether oxygens (including phenoxy) is 1. The summed E-state index contributed by atoms with van der Waals surface area (Å²) in [6.07, 6.45) is 1.19. The van der Waals surface area contributed by atoms with Gasteiger partial charge in [-0.15, -0.1) is 0 Å². The number of hydrogen-bond acceptors (Lipinski definition) is 4. The van der Waals surface area contributed by atoms with E-state index in [2.05, 4.69) is 5.32 Å². The first kappa shape index (κ1) is 11.4. The second kappa shape index (κ2) is 3.75. The lowest BCUT2D eigenvalue weighted by atomic mass is 10.00. The van der Waals surface area contributed by atoms with Crippen molar-refractivity contribution in [2.45, 2.75) is 17.4 Å². The summed E-state index contributed by atoms with van der Waals surface area (Å²) in [5.41, 5.74) is -0.212. The monoisotopic (exact) mass is 241 g/mol. The van der Waals surface area contributed by atoms with Gasteiger partial charge in [0.15, 0.2) is 9.84 Å². The van der Waals surface area contributed by atoms with Gasteiger partial charge in [0.25, 0.3) is 0 Å². The summed E-state index contributed by atoms with van der Waals surface area (Å²) in [6, 6.07) is 6.61. The molecule has 1 heterocycles. The summed E-state index contributed by atoms with van der Waals surface area (Å²) in [5, 5.41) is 3.12. The molecule has 1 saturated heterocycles. The van der Waals surface area contributed by atoms with Crippen molar-refractivity contribution in [2.75, 3.05) is 19.3 Å². The first-order valence-electron chi connectivity index (χ1n) is 5.09. The quantitative estimate of drug-likeness (QED) is 0.851. The molecule has 1 fully saturated rings. The van der Waals surface area contributed by atoms with E-state index < -0.39 is 9.84 Å². The molecule has 88 valence electrons. The van der Waals surface area contributed by atoms with E-state index >= 15 is 0 Å². The van der Waals surface area contributed by atoms with Gasteiger partial charge in [0.05, 0.1) is 4.90 Å². The van der Waals surface area contributed by atoms with Crippen molar-refractivity contribution in [2.24, 2.45) is 0 Å². The van der Waals surface area contributed by atoms with Crippen LogP contribution in [0.1, 0.15) is 6.92 Å². The van der Waals surface area contributed by atoms with Gasteiger partial charge in [0.1, 0.15) is 11.4 Å². The molecule has 0 spiro atoms. The predicted molar refractivity (Wildman–Crippen MR) is 61.5 cm³/mol. The van der Waals surface area contributed by atoms with Crippen molar-refractivity contribution in [3.05, 3.63) is 24.3 Å². The Morgan fingerprint density at radius 1 is 1.38 bits per heavy atom. The molecule has 0 radical (unpaired) electrons. The number of rotatable bonds is 3. The number of sulfone groups is 1. The van der Waals surface area contributed by atoms with Crippen LogP contribution in [0.4, 0.5) is 0 Å². The minimum Gasteiger partial charge on any atom is -0.485 e. The topological polar surface area (TPSA) is 55.4 Å². The lowest BCUT2D eigenvalue weighted by molar-refractivity contribution is 0.0346. The van der Waals surface area contributed by atoms with E-state index in [1.54, 1.807) is 24.3 Å². The summed E-state index contributed by atoms with van der Waals surface area (Å²) < 4.78 is 28.5. The molecular weight excluding hydrogens is 226 g/mol. The van der Waals surface area contributed by atoms with Crippen molar-refractivity contribution in [3.63, 3.8) is 0 Å². The van der Waals surface area contributed by atoms with Crippen LogP contribution in [-0.2, 0) is 9.84 Å². The molecule has 0 aromatic heterocycles. The Bertz CT molecular complexity index is 492. The highest BCUT2D eigenvalue weighted by atomic mass is 32.2. The fourth-order valence-corrected chi connectivity index (χ4v) is 2.26. The Hall–Kier alpha value is -1.07. The Kier molecular flexibility index (Phi) is 2.67. The zero-order valence-corrected chi connectivity index (χ0v) is 10.2. The first-order valence-corrected chi connectivity index (χ1v) is 6.98. The molecule has 16 heavy (non-hydrogen) atoms. The predicted octanol–water partition coefficient (Wildman–Crippen LogP) is 0.831. The number of nitrogens with one attached hydrogen (secondary N) is 1. The second-order valence-corrected chi connectivity index (χ2v) is 6.42. The highest BCUT2D eigenvalue weighted by Gasteiger charge is 2.33. The largest absolute Gasteiger partial charge is 0.485 e. The van der Waals surface area contributed by atoms with E-state index in [-0.39, 0.29) is 5.60 Å². The normalized spacial score (nSPS) is 18.9. The third kappa shape index (κ3) is 2.36. The molecule has 0 saturated carbocycles. The standard InChI is InChI=1S/C11H15NO3S/c1-11(7-12-8-11)15-9-4-3-5-10(6-9)16(2,13)14/h3-6,12H,7-8H2,1-2H3. The van der Waals surface area contributed by atoms with Gasteiger partial charge in [-0.2, -0.15) is 0 Å². The van der Waals surface area contributed by atoms with Crippen molar-refractivity contribution in [1.29, 1.82) is 0 Å². The molecule has 0 bridgehead atoms. The maximum Gasteiger partial charge on any atom is 0.175 e. The first-order chi connectivity index (χ1) is 7.39. The third-order valence-electron chi connectivity index (χ3n) is 2.60. The van der Waals surface area contributed by atoms with E-state index in [4.69, 9.17) is 4.74 Å². The maximum absolute atomic E-state index is 11.4. The van der Waals surface area contributed by atoms with E-state index in [0.717, 1.165) is 13.1 Å². The van der Waals surface area contributed by atoms with Crippen molar-refractivity contribution >= 4 is 9.84 Å². The van der Waals surface area contributed by atoms with Crippen LogP contribution in [0.3, 0.4) is 0 Å². The van der Waals surface area contributed by atoms with Crippen LogP contribution in [0, 0.1) is 0 Å². The second-order valence-electron chi connectivity index (χ2n) is 4.40. The van der Waals surface area contributed by atoms with Crippen molar-refractivity contribution < 1.29 is 13.2 Å². The van der Waals surface area contributed by atoms with Crippen LogP contribution in [0.5, 0.6) is 5.75 Å².